The molecule has 0 heterocycles. The molecule has 0 saturated heterocycles. The smallest absolute Gasteiger partial charge is 0.260 e. The molecule has 0 bridgehead atoms. The van der Waals surface area contributed by atoms with Crippen LogP contribution in [0, 0.1) is 0 Å². The Kier molecular flexibility index (Phi) is 5.66. The van der Waals surface area contributed by atoms with Crippen LogP contribution in [0.4, 0.5) is 0 Å². The molecule has 0 aromatic carbocycles. The molecule has 1 unspecified atom stereocenters. The fourth-order valence-corrected chi connectivity index (χ4v) is 1.37. The van der Waals surface area contributed by atoms with Gasteiger partial charge in [0.2, 0.25) is 0 Å². The lowest BCUT2D eigenvalue weighted by molar-refractivity contribution is -0.134. The van der Waals surface area contributed by atoms with Crippen molar-refractivity contribution in [3.8, 4) is 0 Å². The number of sulfone groups is 1. The first-order valence-corrected chi connectivity index (χ1v) is 6.28. The van der Waals surface area contributed by atoms with E-state index < -0.39 is 21.8 Å². The fourth-order valence-electron chi connectivity index (χ4n) is 0.691. The van der Waals surface area contributed by atoms with E-state index in [0.29, 0.717) is 6.61 Å². The van der Waals surface area contributed by atoms with E-state index in [9.17, 15) is 13.2 Å². The molecule has 1 amide bonds. The molecule has 0 rings (SSSR count). The van der Waals surface area contributed by atoms with Crippen LogP contribution in [-0.2, 0) is 19.5 Å². The first-order chi connectivity index (χ1) is 6.37. The summed E-state index contributed by atoms with van der Waals surface area (Å²) in [6.45, 7) is 2.05. The maximum Gasteiger partial charge on any atom is 0.260 e. The molecule has 0 spiro atoms. The van der Waals surface area contributed by atoms with Crippen molar-refractivity contribution in [1.82, 2.24) is 5.48 Å². The van der Waals surface area contributed by atoms with Crippen LogP contribution in [0.15, 0.2) is 0 Å². The van der Waals surface area contributed by atoms with Gasteiger partial charge in [-0.15, -0.1) is 0 Å². The van der Waals surface area contributed by atoms with Crippen molar-refractivity contribution in [3.63, 3.8) is 0 Å². The van der Waals surface area contributed by atoms with Gasteiger partial charge >= 0.3 is 0 Å². The monoisotopic (exact) mass is 224 g/mol. The van der Waals surface area contributed by atoms with E-state index in [1.165, 1.54) is 0 Å². The van der Waals surface area contributed by atoms with Crippen LogP contribution in [0.3, 0.4) is 0 Å². The second kappa shape index (κ2) is 5.94. The van der Waals surface area contributed by atoms with Crippen molar-refractivity contribution in [2.75, 3.05) is 18.6 Å². The lowest BCUT2D eigenvalue weighted by Gasteiger charge is -2.10. The largest absolute Gasteiger partial charge is 0.320 e. The van der Waals surface area contributed by atoms with Crippen LogP contribution in [-0.4, -0.2) is 39.0 Å². The molecular weight excluding hydrogens is 208 g/mol. The highest BCUT2D eigenvalue weighted by atomic mass is 32.2. The number of carbonyl (C=O) groups is 1. The fraction of sp³-hybridized carbons (Fsp3) is 0.857. The molecule has 84 valence electrons. The summed E-state index contributed by atoms with van der Waals surface area (Å²) in [5, 5.41) is 0. The quantitative estimate of drug-likeness (QED) is 0.553. The number of hydroxylamine groups is 1. The first kappa shape index (κ1) is 13.3. The van der Waals surface area contributed by atoms with E-state index in [-0.39, 0.29) is 12.2 Å². The Balaban J connectivity index is 3.84. The van der Waals surface area contributed by atoms with Gasteiger partial charge in [-0.1, -0.05) is 0 Å². The summed E-state index contributed by atoms with van der Waals surface area (Å²) in [5.74, 6) is -0.608. The van der Waals surface area contributed by atoms with Crippen molar-refractivity contribution >= 4 is 15.7 Å². The highest BCUT2D eigenvalue weighted by molar-refractivity contribution is 7.90. The van der Waals surface area contributed by atoms with Crippen molar-refractivity contribution in [2.24, 2.45) is 5.73 Å². The molecule has 0 saturated carbocycles. The van der Waals surface area contributed by atoms with E-state index in [2.05, 4.69) is 10.3 Å². The van der Waals surface area contributed by atoms with Gasteiger partial charge in [0.05, 0.1) is 18.4 Å². The second-order valence-electron chi connectivity index (χ2n) is 2.92. The van der Waals surface area contributed by atoms with Crippen molar-refractivity contribution < 1.29 is 18.0 Å². The Bertz CT molecular complexity index is 275. The zero-order chi connectivity index (χ0) is 11.2. The summed E-state index contributed by atoms with van der Waals surface area (Å²) in [7, 11) is -3.07. The second-order valence-corrected chi connectivity index (χ2v) is 5.18. The van der Waals surface area contributed by atoms with Gasteiger partial charge in [-0.3, -0.25) is 9.63 Å². The van der Waals surface area contributed by atoms with Gasteiger partial charge in [-0.2, -0.15) is 0 Å². The summed E-state index contributed by atoms with van der Waals surface area (Å²) in [4.78, 5) is 15.7. The molecule has 0 radical (unpaired) electrons. The van der Waals surface area contributed by atoms with Crippen molar-refractivity contribution in [2.45, 2.75) is 19.4 Å². The number of hydrogen-bond acceptors (Lipinski definition) is 5. The van der Waals surface area contributed by atoms with E-state index >= 15 is 0 Å². The average Bonchev–Trinajstić information content (AvgIpc) is 2.09. The Labute approximate surface area is 83.7 Å². The molecule has 1 atom stereocenters. The van der Waals surface area contributed by atoms with Crippen molar-refractivity contribution in [3.05, 3.63) is 0 Å². The van der Waals surface area contributed by atoms with E-state index in [4.69, 9.17) is 5.73 Å². The third-order valence-electron chi connectivity index (χ3n) is 1.45. The summed E-state index contributed by atoms with van der Waals surface area (Å²) in [5.41, 5.74) is 7.52. The topological polar surface area (TPSA) is 98.5 Å². The lowest BCUT2D eigenvalue weighted by atomic mass is 10.2. The normalized spacial score (nSPS) is 13.6. The van der Waals surface area contributed by atoms with E-state index in [0.717, 1.165) is 6.26 Å². The van der Waals surface area contributed by atoms with Crippen LogP contribution in [0.1, 0.15) is 13.3 Å². The molecule has 0 aliphatic carbocycles. The maximum atomic E-state index is 11.1. The number of amides is 1. The number of carbonyl (C=O) groups excluding carboxylic acids is 1. The van der Waals surface area contributed by atoms with Gasteiger partial charge in [0.15, 0.2) is 0 Å². The molecule has 0 fully saturated rings. The predicted molar refractivity (Wildman–Crippen MR) is 52.1 cm³/mol. The molecule has 3 N–H and O–H groups in total. The van der Waals surface area contributed by atoms with Gasteiger partial charge in [-0.05, 0) is 13.3 Å². The number of rotatable bonds is 6. The van der Waals surface area contributed by atoms with Crippen LogP contribution < -0.4 is 11.2 Å². The lowest BCUT2D eigenvalue weighted by Crippen LogP contribution is -2.41. The predicted octanol–water partition coefficient (Wildman–Crippen LogP) is -1.18. The van der Waals surface area contributed by atoms with E-state index in [1.807, 2.05) is 0 Å². The highest BCUT2D eigenvalue weighted by Crippen LogP contribution is 1.93. The van der Waals surface area contributed by atoms with Crippen LogP contribution in [0.25, 0.3) is 0 Å². The van der Waals surface area contributed by atoms with Gasteiger partial charge in [0, 0.05) is 6.26 Å². The highest BCUT2D eigenvalue weighted by Gasteiger charge is 2.15. The number of nitrogens with two attached hydrogens (primary N) is 1. The Morgan fingerprint density at radius 2 is 2.14 bits per heavy atom. The molecule has 7 heteroatoms. The van der Waals surface area contributed by atoms with Gasteiger partial charge < -0.3 is 5.73 Å². The molecular formula is C7H16N2O4S. The molecule has 6 nitrogen and oxygen atoms in total. The standard InChI is InChI=1S/C7H16N2O4S/c1-3-13-9-7(10)6(8)4-5-14(2,11)12/h6H,3-5,8H2,1-2H3,(H,9,10). The van der Waals surface area contributed by atoms with Gasteiger partial charge in [0.25, 0.3) is 5.91 Å². The van der Waals surface area contributed by atoms with Crippen LogP contribution >= 0.6 is 0 Å². The molecule has 0 aromatic rings. The van der Waals surface area contributed by atoms with Crippen molar-refractivity contribution in [1.29, 1.82) is 0 Å². The third-order valence-corrected chi connectivity index (χ3v) is 2.43. The van der Waals surface area contributed by atoms with E-state index in [1.54, 1.807) is 6.92 Å². The minimum Gasteiger partial charge on any atom is -0.320 e. The Hall–Kier alpha value is -0.660. The minimum atomic E-state index is -3.07. The molecule has 14 heavy (non-hydrogen) atoms. The SMILES string of the molecule is CCONC(=O)C(N)CCS(C)(=O)=O. The summed E-state index contributed by atoms with van der Waals surface area (Å²) < 4.78 is 21.5. The molecule has 0 aliphatic heterocycles. The number of nitrogens with one attached hydrogen (secondary N) is 1. The summed E-state index contributed by atoms with van der Waals surface area (Å²) in [6, 6.07) is -0.851. The average molecular weight is 224 g/mol. The van der Waals surface area contributed by atoms with Gasteiger partial charge in [0.1, 0.15) is 9.84 Å². The Morgan fingerprint density at radius 1 is 1.57 bits per heavy atom. The summed E-state index contributed by atoms with van der Waals surface area (Å²) >= 11 is 0. The first-order valence-electron chi connectivity index (χ1n) is 4.21. The Morgan fingerprint density at radius 3 is 2.57 bits per heavy atom. The minimum absolute atomic E-state index is 0.0950. The zero-order valence-electron chi connectivity index (χ0n) is 8.32. The van der Waals surface area contributed by atoms with Crippen LogP contribution in [0.2, 0.25) is 0 Å². The maximum absolute atomic E-state index is 11.1. The van der Waals surface area contributed by atoms with Gasteiger partial charge in [-0.25, -0.2) is 13.9 Å². The number of hydrogen-bond donors (Lipinski definition) is 2. The summed E-state index contributed by atoms with van der Waals surface area (Å²) in [6.07, 6.45) is 1.19. The third kappa shape index (κ3) is 6.81. The zero-order valence-corrected chi connectivity index (χ0v) is 9.13. The molecule has 0 aromatic heterocycles. The van der Waals surface area contributed by atoms with Crippen LogP contribution in [0.5, 0.6) is 0 Å². The molecule has 0 aliphatic rings.